The SMILES string of the molecule is O=C(O)CCCCC(=O)O.O=P([O-])(O)O.[Na+]. The molecule has 4 N–H and O–H groups in total. The minimum absolute atomic E-state index is 0. The van der Waals surface area contributed by atoms with Crippen molar-refractivity contribution in [1.82, 2.24) is 0 Å². The second kappa shape index (κ2) is 11.5. The number of hydrogen-bond acceptors (Lipinski definition) is 4. The van der Waals surface area contributed by atoms with Crippen molar-refractivity contribution in [3.63, 3.8) is 0 Å². The van der Waals surface area contributed by atoms with E-state index in [1.165, 1.54) is 0 Å². The molecule has 0 heterocycles. The maximum absolute atomic E-state index is 9.90. The Kier molecular flexibility index (Phi) is 15.4. The first-order chi connectivity index (χ1) is 6.63. The molecule has 0 spiro atoms. The van der Waals surface area contributed by atoms with Gasteiger partial charge < -0.3 is 24.9 Å². The van der Waals surface area contributed by atoms with Crippen LogP contribution in [0.5, 0.6) is 0 Å². The van der Waals surface area contributed by atoms with Gasteiger partial charge in [-0.3, -0.25) is 14.2 Å². The molecule has 0 fully saturated rings. The Bertz CT molecular complexity index is 225. The monoisotopic (exact) mass is 266 g/mol. The maximum atomic E-state index is 9.90. The summed E-state index contributed by atoms with van der Waals surface area (Å²) in [6.45, 7) is 0. The van der Waals surface area contributed by atoms with Crippen molar-refractivity contribution in [3.05, 3.63) is 0 Å². The average Bonchev–Trinajstić information content (AvgIpc) is 1.94. The third-order valence-electron chi connectivity index (χ3n) is 1.03. The molecule has 0 aromatic carbocycles. The number of carbonyl (C=O) groups is 2. The van der Waals surface area contributed by atoms with Crippen molar-refractivity contribution in [2.75, 3.05) is 0 Å². The number of carboxylic acids is 2. The Labute approximate surface area is 114 Å². The molecule has 0 aliphatic rings. The number of phosphoric acid groups is 1. The summed E-state index contributed by atoms with van der Waals surface area (Å²) in [4.78, 5) is 42.7. The number of rotatable bonds is 5. The summed E-state index contributed by atoms with van der Waals surface area (Å²) in [5, 5.41) is 16.3. The van der Waals surface area contributed by atoms with Gasteiger partial charge in [-0.15, -0.1) is 0 Å². The number of unbranched alkanes of at least 4 members (excludes halogenated alkanes) is 1. The van der Waals surface area contributed by atoms with Crippen LogP contribution in [0.3, 0.4) is 0 Å². The molecule has 0 unspecified atom stereocenters. The molecule has 0 aromatic rings. The Morgan fingerprint density at radius 1 is 1.00 bits per heavy atom. The van der Waals surface area contributed by atoms with E-state index in [1.807, 2.05) is 0 Å². The van der Waals surface area contributed by atoms with Gasteiger partial charge in [0, 0.05) is 12.8 Å². The molecule has 10 heteroatoms. The van der Waals surface area contributed by atoms with Crippen LogP contribution in [0.25, 0.3) is 0 Å². The van der Waals surface area contributed by atoms with Crippen LogP contribution in [0.2, 0.25) is 0 Å². The van der Waals surface area contributed by atoms with Gasteiger partial charge in [0.15, 0.2) is 0 Å². The fourth-order valence-electron chi connectivity index (χ4n) is 0.552. The summed E-state index contributed by atoms with van der Waals surface area (Å²) >= 11 is 0. The molecule has 8 nitrogen and oxygen atoms in total. The van der Waals surface area contributed by atoms with Crippen molar-refractivity contribution in [1.29, 1.82) is 0 Å². The largest absolute Gasteiger partial charge is 1.00 e. The summed E-state index contributed by atoms with van der Waals surface area (Å²) in [5.74, 6) is -1.74. The van der Waals surface area contributed by atoms with Gasteiger partial charge in [0.05, 0.1) is 0 Å². The molecule has 0 atom stereocenters. The molecule has 0 aliphatic heterocycles. The maximum Gasteiger partial charge on any atom is 1.00 e. The second-order valence-corrected chi connectivity index (χ2v) is 3.47. The van der Waals surface area contributed by atoms with E-state index < -0.39 is 19.8 Å². The van der Waals surface area contributed by atoms with E-state index in [0.29, 0.717) is 12.8 Å². The van der Waals surface area contributed by atoms with Gasteiger partial charge >= 0.3 is 41.5 Å². The van der Waals surface area contributed by atoms with Gasteiger partial charge in [-0.25, -0.2) is 0 Å². The number of hydrogen-bond donors (Lipinski definition) is 4. The van der Waals surface area contributed by atoms with E-state index in [-0.39, 0.29) is 42.4 Å². The van der Waals surface area contributed by atoms with Crippen LogP contribution in [0.4, 0.5) is 0 Å². The van der Waals surface area contributed by atoms with Crippen LogP contribution < -0.4 is 34.5 Å². The van der Waals surface area contributed by atoms with Crippen molar-refractivity contribution < 1.29 is 68.6 Å². The molecule has 0 bridgehead atoms. The van der Waals surface area contributed by atoms with Gasteiger partial charge in [-0.2, -0.15) is 0 Å². The van der Waals surface area contributed by atoms with Crippen LogP contribution in [0.15, 0.2) is 0 Å². The Morgan fingerprint density at radius 2 is 1.19 bits per heavy atom. The first-order valence-corrected chi connectivity index (χ1v) is 5.36. The summed E-state index contributed by atoms with van der Waals surface area (Å²) < 4.78 is 8.77. The fraction of sp³-hybridized carbons (Fsp3) is 0.667. The quantitative estimate of drug-likeness (QED) is 0.224. The molecule has 0 radical (unpaired) electrons. The van der Waals surface area contributed by atoms with Crippen LogP contribution >= 0.6 is 7.82 Å². The molecule has 0 saturated heterocycles. The summed E-state index contributed by atoms with van der Waals surface area (Å²) in [5.41, 5.74) is 0. The summed E-state index contributed by atoms with van der Waals surface area (Å²) in [6.07, 6.45) is 1.02. The van der Waals surface area contributed by atoms with Crippen molar-refractivity contribution in [2.24, 2.45) is 0 Å². The molecule has 0 aromatic heterocycles. The Balaban J connectivity index is -0.000000242. The molecule has 0 rings (SSSR count). The second-order valence-electron chi connectivity index (χ2n) is 2.49. The van der Waals surface area contributed by atoms with E-state index in [1.54, 1.807) is 0 Å². The van der Waals surface area contributed by atoms with E-state index >= 15 is 0 Å². The number of aliphatic carboxylic acids is 2. The Morgan fingerprint density at radius 3 is 1.31 bits per heavy atom. The third-order valence-corrected chi connectivity index (χ3v) is 1.03. The summed E-state index contributed by atoms with van der Waals surface area (Å²) in [7, 11) is -4.89. The number of carboxylic acid groups (broad SMARTS) is 2. The average molecular weight is 266 g/mol. The van der Waals surface area contributed by atoms with Gasteiger partial charge in [0.2, 0.25) is 0 Å². The van der Waals surface area contributed by atoms with Crippen LogP contribution in [0.1, 0.15) is 25.7 Å². The zero-order valence-electron chi connectivity index (χ0n) is 8.70. The molecule has 16 heavy (non-hydrogen) atoms. The van der Waals surface area contributed by atoms with Gasteiger partial charge in [0.25, 0.3) is 7.82 Å². The molecule has 0 amide bonds. The van der Waals surface area contributed by atoms with Crippen molar-refractivity contribution in [3.8, 4) is 0 Å². The predicted molar refractivity (Wildman–Crippen MR) is 45.8 cm³/mol. The Hall–Kier alpha value is 0.0500. The standard InChI is InChI=1S/C6H10O4.Na.H3O4P/c7-5(8)3-1-2-4-6(9)10;;1-5(2,3)4/h1-4H2,(H,7,8)(H,9,10);;(H3,1,2,3,4)/q;+1;/p-1. The van der Waals surface area contributed by atoms with Crippen molar-refractivity contribution in [2.45, 2.75) is 25.7 Å². The van der Waals surface area contributed by atoms with Gasteiger partial charge in [0.1, 0.15) is 0 Å². The van der Waals surface area contributed by atoms with Crippen LogP contribution in [-0.4, -0.2) is 31.9 Å². The van der Waals surface area contributed by atoms with E-state index in [4.69, 9.17) is 29.5 Å². The van der Waals surface area contributed by atoms with Crippen LogP contribution in [0, 0.1) is 0 Å². The molecular formula is C6H12NaO8P. The van der Waals surface area contributed by atoms with Crippen LogP contribution in [-0.2, 0) is 14.2 Å². The first kappa shape index (κ1) is 21.3. The predicted octanol–water partition coefficient (Wildman–Crippen LogP) is -3.84. The van der Waals surface area contributed by atoms with Gasteiger partial charge in [-0.1, -0.05) is 0 Å². The minimum Gasteiger partial charge on any atom is -0.756 e. The zero-order valence-corrected chi connectivity index (χ0v) is 11.6. The molecular weight excluding hydrogens is 254 g/mol. The van der Waals surface area contributed by atoms with Crippen molar-refractivity contribution >= 4 is 19.8 Å². The first-order valence-electron chi connectivity index (χ1n) is 3.83. The minimum atomic E-state index is -4.89. The van der Waals surface area contributed by atoms with E-state index in [9.17, 15) is 9.59 Å². The van der Waals surface area contributed by atoms with E-state index in [2.05, 4.69) is 0 Å². The van der Waals surface area contributed by atoms with Gasteiger partial charge in [-0.05, 0) is 12.8 Å². The third kappa shape index (κ3) is 48.1. The summed E-state index contributed by atoms with van der Waals surface area (Å²) in [6, 6.07) is 0. The smallest absolute Gasteiger partial charge is 0.756 e. The zero-order chi connectivity index (χ0) is 12.5. The topological polar surface area (TPSA) is 155 Å². The fourth-order valence-corrected chi connectivity index (χ4v) is 0.552. The molecule has 0 aliphatic carbocycles. The normalized spacial score (nSPS) is 9.44. The molecule has 90 valence electrons. The van der Waals surface area contributed by atoms with E-state index in [0.717, 1.165) is 0 Å². The molecule has 0 saturated carbocycles.